The van der Waals surface area contributed by atoms with Crippen molar-refractivity contribution in [3.05, 3.63) is 41.3 Å². The van der Waals surface area contributed by atoms with E-state index in [2.05, 4.69) is 17.3 Å². The van der Waals surface area contributed by atoms with Crippen molar-refractivity contribution in [3.63, 3.8) is 0 Å². The van der Waals surface area contributed by atoms with E-state index >= 15 is 0 Å². The Kier molecular flexibility index (Phi) is 4.39. The highest BCUT2D eigenvalue weighted by atomic mass is 19.1. The maximum atomic E-state index is 13.0. The molecule has 0 saturated carbocycles. The van der Waals surface area contributed by atoms with E-state index in [9.17, 15) is 4.39 Å². The van der Waals surface area contributed by atoms with Crippen molar-refractivity contribution < 1.29 is 4.39 Å². The van der Waals surface area contributed by atoms with E-state index < -0.39 is 0 Å². The van der Waals surface area contributed by atoms with Crippen LogP contribution in [0.1, 0.15) is 18.2 Å². The second kappa shape index (κ2) is 6.05. The van der Waals surface area contributed by atoms with Crippen LogP contribution in [0.15, 0.2) is 24.3 Å². The Morgan fingerprint density at radius 1 is 1.30 bits per heavy atom. The molecule has 0 saturated heterocycles. The standard InChI is InChI=1S/C15H21FN4/c1-5-17-10-14-11(2)18-20(4)15(14)19(3)13-8-6-12(16)7-9-13/h6-9,17H,5,10H2,1-4H3. The smallest absolute Gasteiger partial charge is 0.135 e. The molecule has 1 aromatic heterocycles. The van der Waals surface area contributed by atoms with Crippen LogP contribution in [0, 0.1) is 12.7 Å². The van der Waals surface area contributed by atoms with Gasteiger partial charge in [-0.25, -0.2) is 4.39 Å². The van der Waals surface area contributed by atoms with Gasteiger partial charge in [0.2, 0.25) is 0 Å². The lowest BCUT2D eigenvalue weighted by molar-refractivity contribution is 0.628. The van der Waals surface area contributed by atoms with Gasteiger partial charge in [0, 0.05) is 31.9 Å². The molecule has 20 heavy (non-hydrogen) atoms. The number of nitrogens with one attached hydrogen (secondary N) is 1. The van der Waals surface area contributed by atoms with Gasteiger partial charge in [0.15, 0.2) is 0 Å². The average molecular weight is 276 g/mol. The van der Waals surface area contributed by atoms with E-state index in [1.807, 2.05) is 30.6 Å². The largest absolute Gasteiger partial charge is 0.329 e. The van der Waals surface area contributed by atoms with E-state index in [1.54, 1.807) is 12.1 Å². The van der Waals surface area contributed by atoms with Crippen molar-refractivity contribution in [2.24, 2.45) is 7.05 Å². The first-order valence-corrected chi connectivity index (χ1v) is 6.77. The first-order valence-electron chi connectivity index (χ1n) is 6.77. The van der Waals surface area contributed by atoms with Gasteiger partial charge in [-0.1, -0.05) is 6.92 Å². The lowest BCUT2D eigenvalue weighted by Gasteiger charge is -2.21. The summed E-state index contributed by atoms with van der Waals surface area (Å²) < 4.78 is 14.9. The van der Waals surface area contributed by atoms with Gasteiger partial charge in [-0.2, -0.15) is 5.10 Å². The molecule has 0 aliphatic carbocycles. The third-order valence-corrected chi connectivity index (χ3v) is 3.40. The van der Waals surface area contributed by atoms with Crippen molar-refractivity contribution in [1.82, 2.24) is 15.1 Å². The fourth-order valence-electron chi connectivity index (χ4n) is 2.35. The zero-order valence-corrected chi connectivity index (χ0v) is 12.4. The summed E-state index contributed by atoms with van der Waals surface area (Å²) in [6.07, 6.45) is 0. The second-order valence-electron chi connectivity index (χ2n) is 4.83. The highest BCUT2D eigenvalue weighted by Crippen LogP contribution is 2.28. The molecular weight excluding hydrogens is 255 g/mol. The molecule has 0 aliphatic heterocycles. The number of rotatable bonds is 5. The molecule has 0 amide bonds. The third kappa shape index (κ3) is 2.82. The Balaban J connectivity index is 2.37. The first-order chi connectivity index (χ1) is 9.54. The van der Waals surface area contributed by atoms with Crippen LogP contribution in [0.4, 0.5) is 15.9 Å². The van der Waals surface area contributed by atoms with Gasteiger partial charge < -0.3 is 10.2 Å². The predicted octanol–water partition coefficient (Wildman–Crippen LogP) is 2.75. The molecule has 4 nitrogen and oxygen atoms in total. The van der Waals surface area contributed by atoms with Crippen LogP contribution in [-0.2, 0) is 13.6 Å². The number of benzene rings is 1. The van der Waals surface area contributed by atoms with E-state index in [-0.39, 0.29) is 5.82 Å². The average Bonchev–Trinajstić information content (AvgIpc) is 2.70. The molecule has 0 spiro atoms. The number of hydrogen-bond donors (Lipinski definition) is 1. The van der Waals surface area contributed by atoms with Crippen molar-refractivity contribution >= 4 is 11.5 Å². The summed E-state index contributed by atoms with van der Waals surface area (Å²) in [5, 5.41) is 7.82. The second-order valence-corrected chi connectivity index (χ2v) is 4.83. The molecule has 108 valence electrons. The summed E-state index contributed by atoms with van der Waals surface area (Å²) in [4.78, 5) is 2.03. The minimum Gasteiger partial charge on any atom is -0.329 e. The molecule has 2 rings (SSSR count). The van der Waals surface area contributed by atoms with Gasteiger partial charge in [0.25, 0.3) is 0 Å². The quantitative estimate of drug-likeness (QED) is 0.911. The van der Waals surface area contributed by atoms with E-state index in [0.717, 1.165) is 30.3 Å². The van der Waals surface area contributed by atoms with Gasteiger partial charge in [-0.05, 0) is 37.7 Å². The molecule has 0 unspecified atom stereocenters. The SMILES string of the molecule is CCNCc1c(C)nn(C)c1N(C)c1ccc(F)cc1. The Morgan fingerprint density at radius 3 is 2.55 bits per heavy atom. The summed E-state index contributed by atoms with van der Waals surface area (Å²) in [5.74, 6) is 0.797. The number of nitrogens with zero attached hydrogens (tertiary/aromatic N) is 3. The monoisotopic (exact) mass is 276 g/mol. The number of aromatic nitrogens is 2. The van der Waals surface area contributed by atoms with Gasteiger partial charge in [0.1, 0.15) is 11.6 Å². The maximum absolute atomic E-state index is 13.0. The van der Waals surface area contributed by atoms with Crippen LogP contribution >= 0.6 is 0 Å². The normalized spacial score (nSPS) is 10.8. The minimum atomic E-state index is -0.226. The summed E-state index contributed by atoms with van der Waals surface area (Å²) in [6, 6.07) is 6.49. The van der Waals surface area contributed by atoms with Crippen LogP contribution in [0.3, 0.4) is 0 Å². The molecule has 0 atom stereocenters. The van der Waals surface area contributed by atoms with Crippen molar-refractivity contribution in [3.8, 4) is 0 Å². The zero-order valence-electron chi connectivity index (χ0n) is 12.4. The molecule has 2 aromatic rings. The van der Waals surface area contributed by atoms with Crippen molar-refractivity contribution in [2.75, 3.05) is 18.5 Å². The van der Waals surface area contributed by atoms with Crippen LogP contribution in [-0.4, -0.2) is 23.4 Å². The highest BCUT2D eigenvalue weighted by molar-refractivity contribution is 5.63. The van der Waals surface area contributed by atoms with E-state index in [4.69, 9.17) is 0 Å². The molecule has 1 N–H and O–H groups in total. The fraction of sp³-hybridized carbons (Fsp3) is 0.400. The van der Waals surface area contributed by atoms with Gasteiger partial charge in [0.05, 0.1) is 5.69 Å². The Labute approximate surface area is 119 Å². The van der Waals surface area contributed by atoms with Crippen LogP contribution in [0.2, 0.25) is 0 Å². The van der Waals surface area contributed by atoms with Gasteiger partial charge >= 0.3 is 0 Å². The summed E-state index contributed by atoms with van der Waals surface area (Å²) in [5.41, 5.74) is 3.12. The number of anilines is 2. The van der Waals surface area contributed by atoms with Crippen LogP contribution < -0.4 is 10.2 Å². The minimum absolute atomic E-state index is 0.226. The number of aryl methyl sites for hydroxylation is 2. The molecule has 5 heteroatoms. The molecule has 0 fully saturated rings. The predicted molar refractivity (Wildman–Crippen MR) is 79.8 cm³/mol. The zero-order chi connectivity index (χ0) is 14.7. The molecule has 1 aromatic carbocycles. The van der Waals surface area contributed by atoms with Crippen molar-refractivity contribution in [1.29, 1.82) is 0 Å². The molecule has 0 bridgehead atoms. The van der Waals surface area contributed by atoms with Crippen LogP contribution in [0.25, 0.3) is 0 Å². The van der Waals surface area contributed by atoms with Crippen molar-refractivity contribution in [2.45, 2.75) is 20.4 Å². The molecule has 0 radical (unpaired) electrons. The topological polar surface area (TPSA) is 33.1 Å². The lowest BCUT2D eigenvalue weighted by Crippen LogP contribution is -2.18. The Bertz CT molecular complexity index is 574. The summed E-state index contributed by atoms with van der Waals surface area (Å²) in [6.45, 7) is 5.77. The van der Waals surface area contributed by atoms with E-state index in [0.29, 0.717) is 0 Å². The number of halogens is 1. The molecular formula is C15H21FN4. The summed E-state index contributed by atoms with van der Waals surface area (Å²) >= 11 is 0. The Hall–Kier alpha value is -1.88. The molecule has 1 heterocycles. The van der Waals surface area contributed by atoms with Gasteiger partial charge in [-0.3, -0.25) is 4.68 Å². The summed E-state index contributed by atoms with van der Waals surface area (Å²) in [7, 11) is 3.90. The first kappa shape index (κ1) is 14.5. The third-order valence-electron chi connectivity index (χ3n) is 3.40. The van der Waals surface area contributed by atoms with Gasteiger partial charge in [-0.15, -0.1) is 0 Å². The van der Waals surface area contributed by atoms with Crippen LogP contribution in [0.5, 0.6) is 0 Å². The van der Waals surface area contributed by atoms with E-state index in [1.165, 1.54) is 17.7 Å². The molecule has 0 aliphatic rings. The fourth-order valence-corrected chi connectivity index (χ4v) is 2.35. The Morgan fingerprint density at radius 2 is 1.95 bits per heavy atom. The lowest BCUT2D eigenvalue weighted by atomic mass is 10.2. The highest BCUT2D eigenvalue weighted by Gasteiger charge is 2.17. The number of hydrogen-bond acceptors (Lipinski definition) is 3. The maximum Gasteiger partial charge on any atom is 0.135 e.